The van der Waals surface area contributed by atoms with E-state index in [2.05, 4.69) is 4.74 Å². The minimum atomic E-state index is -1.07. The van der Waals surface area contributed by atoms with Gasteiger partial charge in [0.1, 0.15) is 0 Å². The SMILES string of the molecule is C[C@H]1OC(=O)[C@@H](CC(=O)O)O1. The van der Waals surface area contributed by atoms with E-state index in [1.165, 1.54) is 0 Å². The van der Waals surface area contributed by atoms with Crippen LogP contribution in [0.25, 0.3) is 0 Å². The Morgan fingerprint density at radius 3 is 2.73 bits per heavy atom. The molecular weight excluding hydrogens is 152 g/mol. The van der Waals surface area contributed by atoms with Gasteiger partial charge in [-0.25, -0.2) is 4.79 Å². The standard InChI is InChI=1S/C6H8O5/c1-3-10-4(2-5(7)8)6(9)11-3/h3-4H,2H2,1H3,(H,7,8)/t3-,4-/m1/s1. The van der Waals surface area contributed by atoms with Gasteiger partial charge in [-0.1, -0.05) is 0 Å². The average molecular weight is 160 g/mol. The summed E-state index contributed by atoms with van der Waals surface area (Å²) < 4.78 is 9.38. The molecule has 0 aromatic rings. The number of aliphatic carboxylic acids is 1. The smallest absolute Gasteiger partial charge is 0.338 e. The highest BCUT2D eigenvalue weighted by Gasteiger charge is 2.34. The lowest BCUT2D eigenvalue weighted by atomic mass is 10.3. The lowest BCUT2D eigenvalue weighted by Crippen LogP contribution is -2.20. The minimum absolute atomic E-state index is 0.330. The van der Waals surface area contributed by atoms with Gasteiger partial charge in [-0.05, 0) is 6.92 Å². The number of hydrogen-bond acceptors (Lipinski definition) is 4. The fourth-order valence-corrected chi connectivity index (χ4v) is 0.844. The number of carbonyl (C=O) groups excluding carboxylic acids is 1. The average Bonchev–Trinajstić information content (AvgIpc) is 2.09. The Morgan fingerprint density at radius 1 is 1.73 bits per heavy atom. The molecule has 0 saturated carbocycles. The molecule has 5 heteroatoms. The quantitative estimate of drug-likeness (QED) is 0.564. The van der Waals surface area contributed by atoms with Crippen LogP contribution in [0.1, 0.15) is 13.3 Å². The molecule has 0 bridgehead atoms. The number of carboxylic acid groups (broad SMARTS) is 1. The molecule has 1 aliphatic rings. The summed E-state index contributed by atoms with van der Waals surface area (Å²) in [6.45, 7) is 1.54. The van der Waals surface area contributed by atoms with Crippen molar-refractivity contribution in [2.24, 2.45) is 0 Å². The van der Waals surface area contributed by atoms with E-state index in [1.807, 2.05) is 0 Å². The van der Waals surface area contributed by atoms with Crippen molar-refractivity contribution in [3.8, 4) is 0 Å². The van der Waals surface area contributed by atoms with Crippen molar-refractivity contribution >= 4 is 11.9 Å². The lowest BCUT2D eigenvalue weighted by molar-refractivity contribution is -0.145. The first-order valence-electron chi connectivity index (χ1n) is 3.17. The third-order valence-electron chi connectivity index (χ3n) is 1.26. The maximum atomic E-state index is 10.7. The fraction of sp³-hybridized carbons (Fsp3) is 0.667. The molecule has 0 aromatic carbocycles. The van der Waals surface area contributed by atoms with Crippen LogP contribution in [0.2, 0.25) is 0 Å². The molecule has 11 heavy (non-hydrogen) atoms. The number of ether oxygens (including phenoxy) is 2. The monoisotopic (exact) mass is 160 g/mol. The van der Waals surface area contributed by atoms with Crippen LogP contribution < -0.4 is 0 Å². The van der Waals surface area contributed by atoms with Gasteiger partial charge in [0.2, 0.25) is 6.29 Å². The van der Waals surface area contributed by atoms with Crippen LogP contribution in [0.5, 0.6) is 0 Å². The number of esters is 1. The molecule has 2 atom stereocenters. The summed E-state index contributed by atoms with van der Waals surface area (Å²) in [5.41, 5.74) is 0. The van der Waals surface area contributed by atoms with Gasteiger partial charge in [-0.3, -0.25) is 4.79 Å². The van der Waals surface area contributed by atoms with E-state index in [0.717, 1.165) is 0 Å². The molecule has 5 nitrogen and oxygen atoms in total. The Hall–Kier alpha value is -1.10. The van der Waals surface area contributed by atoms with E-state index >= 15 is 0 Å². The highest BCUT2D eigenvalue weighted by Crippen LogP contribution is 2.14. The molecular formula is C6H8O5. The second-order valence-electron chi connectivity index (χ2n) is 2.23. The lowest BCUT2D eigenvalue weighted by Gasteiger charge is -2.00. The van der Waals surface area contributed by atoms with Gasteiger partial charge in [0.25, 0.3) is 0 Å². The number of rotatable bonds is 2. The van der Waals surface area contributed by atoms with Crippen LogP contribution in [0.4, 0.5) is 0 Å². The summed E-state index contributed by atoms with van der Waals surface area (Å²) in [5, 5.41) is 8.29. The summed E-state index contributed by atoms with van der Waals surface area (Å²) >= 11 is 0. The van der Waals surface area contributed by atoms with Crippen molar-refractivity contribution in [1.82, 2.24) is 0 Å². The molecule has 1 fully saturated rings. The fourth-order valence-electron chi connectivity index (χ4n) is 0.844. The van der Waals surface area contributed by atoms with E-state index in [9.17, 15) is 9.59 Å². The third-order valence-corrected chi connectivity index (χ3v) is 1.26. The maximum Gasteiger partial charge on any atom is 0.338 e. The first-order chi connectivity index (χ1) is 5.09. The number of carboxylic acids is 1. The van der Waals surface area contributed by atoms with Gasteiger partial charge in [0.15, 0.2) is 6.10 Å². The summed E-state index contributed by atoms with van der Waals surface area (Å²) in [4.78, 5) is 20.8. The van der Waals surface area contributed by atoms with Gasteiger partial charge in [-0.2, -0.15) is 0 Å². The second-order valence-corrected chi connectivity index (χ2v) is 2.23. The van der Waals surface area contributed by atoms with Gasteiger partial charge in [-0.15, -0.1) is 0 Å². The molecule has 1 aliphatic heterocycles. The van der Waals surface area contributed by atoms with Crippen molar-refractivity contribution in [2.45, 2.75) is 25.7 Å². The third kappa shape index (κ3) is 1.91. The largest absolute Gasteiger partial charge is 0.481 e. The molecule has 0 radical (unpaired) electrons. The molecule has 1 rings (SSSR count). The van der Waals surface area contributed by atoms with E-state index in [-0.39, 0.29) is 6.42 Å². The van der Waals surface area contributed by atoms with Gasteiger partial charge >= 0.3 is 11.9 Å². The first kappa shape index (κ1) is 8.00. The second kappa shape index (κ2) is 2.87. The van der Waals surface area contributed by atoms with Gasteiger partial charge < -0.3 is 14.6 Å². The molecule has 0 aliphatic carbocycles. The number of cyclic esters (lactones) is 1. The first-order valence-corrected chi connectivity index (χ1v) is 3.17. The number of hydrogen-bond donors (Lipinski definition) is 1. The Labute approximate surface area is 62.9 Å². The Balaban J connectivity index is 2.47. The van der Waals surface area contributed by atoms with Crippen LogP contribution in [0.3, 0.4) is 0 Å². The number of carbonyl (C=O) groups is 2. The van der Waals surface area contributed by atoms with Gasteiger partial charge in [0.05, 0.1) is 6.42 Å². The van der Waals surface area contributed by atoms with Crippen LogP contribution in [0.15, 0.2) is 0 Å². The molecule has 0 unspecified atom stereocenters. The van der Waals surface area contributed by atoms with Crippen LogP contribution >= 0.6 is 0 Å². The molecule has 1 heterocycles. The van der Waals surface area contributed by atoms with E-state index in [4.69, 9.17) is 9.84 Å². The minimum Gasteiger partial charge on any atom is -0.481 e. The summed E-state index contributed by atoms with van der Waals surface area (Å²) in [6, 6.07) is 0. The zero-order chi connectivity index (χ0) is 8.43. The molecule has 62 valence electrons. The van der Waals surface area contributed by atoms with Crippen molar-refractivity contribution in [2.75, 3.05) is 0 Å². The Morgan fingerprint density at radius 2 is 2.36 bits per heavy atom. The molecule has 1 N–H and O–H groups in total. The molecule has 0 amide bonds. The van der Waals surface area contributed by atoms with Gasteiger partial charge in [0, 0.05) is 0 Å². The van der Waals surface area contributed by atoms with E-state index in [0.29, 0.717) is 0 Å². The Bertz CT molecular complexity index is 187. The summed E-state index contributed by atoms with van der Waals surface area (Å²) in [7, 11) is 0. The predicted octanol–water partition coefficient (Wildman–Crippen LogP) is -0.251. The molecule has 0 aromatic heterocycles. The van der Waals surface area contributed by atoms with E-state index in [1.54, 1.807) is 6.92 Å². The Kier molecular flexibility index (Phi) is 2.09. The highest BCUT2D eigenvalue weighted by atomic mass is 16.7. The molecule has 0 spiro atoms. The predicted molar refractivity (Wildman–Crippen MR) is 32.7 cm³/mol. The summed E-state index contributed by atoms with van der Waals surface area (Å²) in [5.74, 6) is -1.67. The van der Waals surface area contributed by atoms with Crippen molar-refractivity contribution in [3.05, 3.63) is 0 Å². The highest BCUT2D eigenvalue weighted by molar-refractivity contribution is 5.82. The van der Waals surface area contributed by atoms with Crippen LogP contribution in [-0.4, -0.2) is 29.4 Å². The van der Waals surface area contributed by atoms with Crippen molar-refractivity contribution < 1.29 is 24.2 Å². The summed E-state index contributed by atoms with van der Waals surface area (Å²) in [6.07, 6.45) is -1.88. The van der Waals surface area contributed by atoms with Crippen molar-refractivity contribution in [3.63, 3.8) is 0 Å². The van der Waals surface area contributed by atoms with Crippen LogP contribution in [-0.2, 0) is 19.1 Å². The van der Waals surface area contributed by atoms with Crippen molar-refractivity contribution in [1.29, 1.82) is 0 Å². The maximum absolute atomic E-state index is 10.7. The zero-order valence-corrected chi connectivity index (χ0v) is 5.94. The van der Waals surface area contributed by atoms with Crippen LogP contribution in [0, 0.1) is 0 Å². The topological polar surface area (TPSA) is 72.8 Å². The zero-order valence-electron chi connectivity index (χ0n) is 5.94. The molecule has 1 saturated heterocycles. The van der Waals surface area contributed by atoms with E-state index < -0.39 is 24.3 Å². The normalized spacial score (nSPS) is 30.1.